The molecule has 1 atom stereocenters. The lowest BCUT2D eigenvalue weighted by Crippen LogP contribution is -2.17. The highest BCUT2D eigenvalue weighted by Crippen LogP contribution is 2.37. The minimum absolute atomic E-state index is 0.195. The average molecular weight is 243 g/mol. The van der Waals surface area contributed by atoms with E-state index in [9.17, 15) is 9.18 Å². The molecule has 0 aliphatic carbocycles. The number of nitrogens with zero attached hydrogens (tertiary/aromatic N) is 2. The standard InChI is InChI=1S/C13H10FN3O/c1-7-11-8(3-2-5-15-11)10-9(17-13(7)18)4-6-16-12(10)14/h2-7H,1H3,(H,17,18). The number of carbonyl (C=O) groups is 1. The Morgan fingerprint density at radius 2 is 2.11 bits per heavy atom. The van der Waals surface area contributed by atoms with Crippen LogP contribution in [0.3, 0.4) is 0 Å². The highest BCUT2D eigenvalue weighted by atomic mass is 19.1. The molecule has 1 unspecified atom stereocenters. The Labute approximate surface area is 103 Å². The summed E-state index contributed by atoms with van der Waals surface area (Å²) in [4.78, 5) is 19.8. The minimum atomic E-state index is -0.601. The number of anilines is 1. The van der Waals surface area contributed by atoms with Gasteiger partial charge in [0.2, 0.25) is 11.9 Å². The van der Waals surface area contributed by atoms with Gasteiger partial charge < -0.3 is 5.32 Å². The van der Waals surface area contributed by atoms with Crippen molar-refractivity contribution in [2.24, 2.45) is 0 Å². The third-order valence-corrected chi connectivity index (χ3v) is 3.07. The van der Waals surface area contributed by atoms with Crippen LogP contribution in [0.4, 0.5) is 10.1 Å². The molecule has 2 aromatic heterocycles. The quantitative estimate of drug-likeness (QED) is 0.722. The van der Waals surface area contributed by atoms with Gasteiger partial charge in [0.25, 0.3) is 0 Å². The molecule has 1 aliphatic rings. The summed E-state index contributed by atoms with van der Waals surface area (Å²) in [6, 6.07) is 5.06. The van der Waals surface area contributed by atoms with Crippen molar-refractivity contribution >= 4 is 11.6 Å². The zero-order valence-corrected chi connectivity index (χ0v) is 9.64. The largest absolute Gasteiger partial charge is 0.325 e. The van der Waals surface area contributed by atoms with Gasteiger partial charge in [-0.15, -0.1) is 0 Å². The lowest BCUT2D eigenvalue weighted by atomic mass is 9.98. The second-order valence-electron chi connectivity index (χ2n) is 4.17. The van der Waals surface area contributed by atoms with Gasteiger partial charge in [-0.2, -0.15) is 4.39 Å². The fraction of sp³-hybridized carbons (Fsp3) is 0.154. The lowest BCUT2D eigenvalue weighted by Gasteiger charge is -2.09. The summed E-state index contributed by atoms with van der Waals surface area (Å²) in [5, 5.41) is 2.70. The van der Waals surface area contributed by atoms with Crippen LogP contribution in [-0.4, -0.2) is 15.9 Å². The number of amides is 1. The van der Waals surface area contributed by atoms with Gasteiger partial charge in [-0.1, -0.05) is 6.07 Å². The molecule has 3 rings (SSSR count). The smallest absolute Gasteiger partial charge is 0.233 e. The maximum atomic E-state index is 13.9. The predicted octanol–water partition coefficient (Wildman–Crippen LogP) is 2.34. The van der Waals surface area contributed by atoms with Crippen LogP contribution in [0.2, 0.25) is 0 Å². The van der Waals surface area contributed by atoms with Crippen molar-refractivity contribution in [3.8, 4) is 11.1 Å². The second-order valence-corrected chi connectivity index (χ2v) is 4.17. The van der Waals surface area contributed by atoms with E-state index in [1.807, 2.05) is 0 Å². The summed E-state index contributed by atoms with van der Waals surface area (Å²) >= 11 is 0. The maximum absolute atomic E-state index is 13.9. The molecule has 4 nitrogen and oxygen atoms in total. The van der Waals surface area contributed by atoms with Gasteiger partial charge in [0.1, 0.15) is 0 Å². The summed E-state index contributed by atoms with van der Waals surface area (Å²) in [5.41, 5.74) is 1.93. The van der Waals surface area contributed by atoms with Gasteiger partial charge in [0.15, 0.2) is 0 Å². The van der Waals surface area contributed by atoms with Gasteiger partial charge >= 0.3 is 0 Å². The molecule has 0 bridgehead atoms. The normalized spacial score (nSPS) is 17.4. The Bertz CT molecular complexity index is 642. The van der Waals surface area contributed by atoms with E-state index < -0.39 is 11.9 Å². The molecule has 0 aromatic carbocycles. The van der Waals surface area contributed by atoms with Crippen molar-refractivity contribution < 1.29 is 9.18 Å². The van der Waals surface area contributed by atoms with Crippen LogP contribution in [0.25, 0.3) is 11.1 Å². The van der Waals surface area contributed by atoms with Crippen molar-refractivity contribution in [3.63, 3.8) is 0 Å². The van der Waals surface area contributed by atoms with Crippen molar-refractivity contribution in [2.75, 3.05) is 5.32 Å². The molecule has 1 aliphatic heterocycles. The average Bonchev–Trinajstić information content (AvgIpc) is 2.48. The third kappa shape index (κ3) is 1.48. The van der Waals surface area contributed by atoms with E-state index in [0.29, 0.717) is 22.5 Å². The minimum Gasteiger partial charge on any atom is -0.325 e. The van der Waals surface area contributed by atoms with Gasteiger partial charge in [-0.3, -0.25) is 9.78 Å². The topological polar surface area (TPSA) is 54.9 Å². The Kier molecular flexibility index (Phi) is 2.33. The second kappa shape index (κ2) is 3.87. The van der Waals surface area contributed by atoms with Crippen LogP contribution in [0.5, 0.6) is 0 Å². The summed E-state index contributed by atoms with van der Waals surface area (Å²) in [6.45, 7) is 1.75. The van der Waals surface area contributed by atoms with Crippen LogP contribution in [0.15, 0.2) is 30.6 Å². The zero-order chi connectivity index (χ0) is 12.7. The first-order valence-electron chi connectivity index (χ1n) is 5.59. The summed E-state index contributed by atoms with van der Waals surface area (Å²) < 4.78 is 13.9. The van der Waals surface area contributed by atoms with E-state index in [1.165, 1.54) is 6.20 Å². The van der Waals surface area contributed by atoms with Gasteiger partial charge in [0.05, 0.1) is 22.9 Å². The lowest BCUT2D eigenvalue weighted by molar-refractivity contribution is -0.117. The molecule has 18 heavy (non-hydrogen) atoms. The van der Waals surface area contributed by atoms with Crippen molar-refractivity contribution in [2.45, 2.75) is 12.8 Å². The first-order valence-corrected chi connectivity index (χ1v) is 5.59. The number of hydrogen-bond donors (Lipinski definition) is 1. The molecule has 0 fully saturated rings. The van der Waals surface area contributed by atoms with E-state index >= 15 is 0 Å². The summed E-state index contributed by atoms with van der Waals surface area (Å²) in [7, 11) is 0. The van der Waals surface area contributed by atoms with Crippen molar-refractivity contribution in [3.05, 3.63) is 42.2 Å². The van der Waals surface area contributed by atoms with Crippen LogP contribution >= 0.6 is 0 Å². The van der Waals surface area contributed by atoms with Gasteiger partial charge in [-0.05, 0) is 19.1 Å². The molecule has 0 spiro atoms. The molecule has 90 valence electrons. The molecule has 0 saturated heterocycles. The first kappa shape index (κ1) is 10.8. The summed E-state index contributed by atoms with van der Waals surface area (Å²) in [5.74, 6) is -1.22. The third-order valence-electron chi connectivity index (χ3n) is 3.07. The molecular weight excluding hydrogens is 233 g/mol. The molecule has 1 amide bonds. The number of pyridine rings is 2. The van der Waals surface area contributed by atoms with E-state index in [2.05, 4.69) is 15.3 Å². The van der Waals surface area contributed by atoms with Crippen LogP contribution < -0.4 is 5.32 Å². The fourth-order valence-corrected chi connectivity index (χ4v) is 2.14. The number of nitrogens with one attached hydrogen (secondary N) is 1. The van der Waals surface area contributed by atoms with Crippen LogP contribution in [0, 0.1) is 5.95 Å². The Morgan fingerprint density at radius 3 is 2.94 bits per heavy atom. The molecule has 1 N–H and O–H groups in total. The first-order chi connectivity index (χ1) is 8.68. The van der Waals surface area contributed by atoms with Gasteiger partial charge in [0, 0.05) is 18.0 Å². The number of carbonyl (C=O) groups excluding carboxylic acids is 1. The van der Waals surface area contributed by atoms with Crippen molar-refractivity contribution in [1.29, 1.82) is 0 Å². The number of aromatic nitrogens is 2. The summed E-state index contributed by atoms with van der Waals surface area (Å²) in [6.07, 6.45) is 2.93. The molecule has 0 radical (unpaired) electrons. The Hall–Kier alpha value is -2.30. The Morgan fingerprint density at radius 1 is 1.28 bits per heavy atom. The van der Waals surface area contributed by atoms with Gasteiger partial charge in [-0.25, -0.2) is 4.98 Å². The fourth-order valence-electron chi connectivity index (χ4n) is 2.14. The van der Waals surface area contributed by atoms with E-state index in [-0.39, 0.29) is 5.91 Å². The van der Waals surface area contributed by atoms with Crippen molar-refractivity contribution in [1.82, 2.24) is 9.97 Å². The molecular formula is C13H10FN3O. The number of rotatable bonds is 0. The molecule has 2 aromatic rings. The highest BCUT2D eigenvalue weighted by molar-refractivity contribution is 6.02. The number of fused-ring (bicyclic) bond motifs is 3. The van der Waals surface area contributed by atoms with E-state index in [4.69, 9.17) is 0 Å². The van der Waals surface area contributed by atoms with Crippen LogP contribution in [0.1, 0.15) is 18.5 Å². The zero-order valence-electron chi connectivity index (χ0n) is 9.64. The monoisotopic (exact) mass is 243 g/mol. The SMILES string of the molecule is CC1C(=O)Nc2ccnc(F)c2-c2cccnc21. The number of hydrogen-bond acceptors (Lipinski definition) is 3. The molecule has 3 heterocycles. The maximum Gasteiger partial charge on any atom is 0.233 e. The van der Waals surface area contributed by atoms with Crippen LogP contribution in [-0.2, 0) is 4.79 Å². The molecule has 0 saturated carbocycles. The van der Waals surface area contributed by atoms with E-state index in [1.54, 1.807) is 31.3 Å². The molecule has 5 heteroatoms. The van der Waals surface area contributed by atoms with E-state index in [0.717, 1.165) is 0 Å². The highest BCUT2D eigenvalue weighted by Gasteiger charge is 2.28. The number of halogens is 1. The Balaban J connectivity index is 2.37. The predicted molar refractivity (Wildman–Crippen MR) is 64.5 cm³/mol.